The number of Topliss-reactive ketones (excluding diaryl/α,β-unsaturated/α-hetero) is 3. The number of ether oxygens (including phenoxy) is 2. The SMILES string of the molecule is C.C.CC1C(=O)CC(=O)C1C.CC1C2CC(C(=O)NS(=O)(=O)C(F)(F)F)C(C2)C1C.CCC(C)(C)C(=O)OCCOC(=O)CC(C)=O.CCC1(F)CC(O)(C(F)(F)F)C(F)(F)C1C(C)(F)F. The third-order valence-corrected chi connectivity index (χ3v) is 13.9. The van der Waals surface area contributed by atoms with Crippen molar-refractivity contribution in [3.63, 3.8) is 0 Å². The van der Waals surface area contributed by atoms with Crippen molar-refractivity contribution in [2.75, 3.05) is 13.2 Å². The molecule has 10 atom stereocenters. The Kier molecular flexibility index (Phi) is 22.8. The Morgan fingerprint density at radius 3 is 1.59 bits per heavy atom. The zero-order valence-corrected chi connectivity index (χ0v) is 37.9. The number of esters is 2. The van der Waals surface area contributed by atoms with Crippen molar-refractivity contribution in [3.05, 3.63) is 0 Å². The Balaban J connectivity index is 0. The van der Waals surface area contributed by atoms with E-state index < -0.39 is 86.8 Å². The molecule has 10 unspecified atom stereocenters. The maximum absolute atomic E-state index is 14.1. The van der Waals surface area contributed by atoms with Gasteiger partial charge in [-0.2, -0.15) is 34.8 Å². The molecule has 4 fully saturated rings. The van der Waals surface area contributed by atoms with Gasteiger partial charge in [-0.3, -0.25) is 28.8 Å². The third kappa shape index (κ3) is 15.0. The van der Waals surface area contributed by atoms with Crippen LogP contribution in [0.3, 0.4) is 0 Å². The molecule has 0 aromatic heterocycles. The Hall–Kier alpha value is -3.44. The van der Waals surface area contributed by atoms with Gasteiger partial charge in [-0.05, 0) is 77.0 Å². The summed E-state index contributed by atoms with van der Waals surface area (Å²) in [6.07, 6.45) is -7.13. The van der Waals surface area contributed by atoms with Crippen molar-refractivity contribution in [2.24, 2.45) is 52.8 Å². The predicted octanol–water partition coefficient (Wildman–Crippen LogP) is 9.15. The molecule has 0 spiro atoms. The highest BCUT2D eigenvalue weighted by Crippen LogP contribution is 2.64. The Bertz CT molecular complexity index is 1800. The number of sulfonamides is 1. The first-order valence-electron chi connectivity index (χ1n) is 20.3. The number of ketones is 3. The fraction of sp³-hybridized carbons (Fsp3) is 0.857. The molecule has 0 aromatic carbocycles. The van der Waals surface area contributed by atoms with E-state index in [4.69, 9.17) is 14.6 Å². The summed E-state index contributed by atoms with van der Waals surface area (Å²) in [7, 11) is -5.58. The molecule has 388 valence electrons. The summed E-state index contributed by atoms with van der Waals surface area (Å²) in [5, 5.41) is 9.11. The second-order valence-electron chi connectivity index (χ2n) is 17.7. The lowest BCUT2D eigenvalue weighted by molar-refractivity contribution is -0.335. The van der Waals surface area contributed by atoms with Crippen LogP contribution in [0, 0.1) is 52.8 Å². The van der Waals surface area contributed by atoms with E-state index in [2.05, 4.69) is 6.92 Å². The lowest BCUT2D eigenvalue weighted by Gasteiger charge is -2.35. The Labute approximate surface area is 379 Å². The van der Waals surface area contributed by atoms with Crippen LogP contribution in [0.4, 0.5) is 48.3 Å². The lowest BCUT2D eigenvalue weighted by atomic mass is 9.75. The smallest absolute Gasteiger partial charge is 0.462 e. The normalized spacial score (nSPS) is 30.2. The van der Waals surface area contributed by atoms with Gasteiger partial charge in [-0.25, -0.2) is 26.7 Å². The fourth-order valence-corrected chi connectivity index (χ4v) is 8.58. The minimum atomic E-state index is -5.91. The van der Waals surface area contributed by atoms with Crippen molar-refractivity contribution >= 4 is 45.2 Å². The predicted molar refractivity (Wildman–Crippen MR) is 218 cm³/mol. The standard InChI is InChI=1S/C12H20O5.C11H16F3NO3S.C10H12F8O.C7H10O2.2CH4/c1-5-12(3,4)11(15)17-7-6-16-10(14)8-9(2)13;1-5-6(2)8-3-7(5)4-9(8)10(16)15-19(17,18)11(12,13)14;1-3-7(13)4-8(19,10(16,17)18)9(14,15)5(7)6(2,11)12;1-4-5(2)7(9)3-6(4)8;;/h5-8H2,1-4H3;5-9H,3-4H2,1-2H3,(H,15,16);5,19H,3-4H2,1-2H3;4-5H,3H2,1-2H3;2*1H4. The second-order valence-corrected chi connectivity index (χ2v) is 19.4. The summed E-state index contributed by atoms with van der Waals surface area (Å²) in [4.78, 5) is 66.4. The number of amides is 1. The molecule has 66 heavy (non-hydrogen) atoms. The molecule has 4 aliphatic rings. The minimum absolute atomic E-state index is 0. The topological polar surface area (TPSA) is 187 Å². The molecule has 2 N–H and O–H groups in total. The largest absolute Gasteiger partial charge is 0.516 e. The molecular weight excluding hydrogens is 936 g/mol. The minimum Gasteiger partial charge on any atom is -0.462 e. The highest BCUT2D eigenvalue weighted by Gasteiger charge is 2.84. The summed E-state index contributed by atoms with van der Waals surface area (Å²) >= 11 is 0. The number of halogens is 11. The van der Waals surface area contributed by atoms with E-state index in [1.807, 2.05) is 27.7 Å². The van der Waals surface area contributed by atoms with Gasteiger partial charge in [-0.15, -0.1) is 0 Å². The number of nitrogens with one attached hydrogen (secondary N) is 1. The first kappa shape index (κ1) is 64.6. The number of hydrogen-bond acceptors (Lipinski definition) is 11. The average Bonchev–Trinajstić information content (AvgIpc) is 3.81. The van der Waals surface area contributed by atoms with Crippen LogP contribution in [-0.2, 0) is 48.3 Å². The van der Waals surface area contributed by atoms with E-state index in [0.29, 0.717) is 24.7 Å². The maximum Gasteiger partial charge on any atom is 0.516 e. The first-order chi connectivity index (χ1) is 28.6. The zero-order chi connectivity index (χ0) is 50.6. The van der Waals surface area contributed by atoms with Crippen molar-refractivity contribution in [2.45, 2.75) is 164 Å². The number of rotatable bonds is 11. The molecule has 0 radical (unpaired) electrons. The van der Waals surface area contributed by atoms with Crippen LogP contribution in [0.5, 0.6) is 0 Å². The van der Waals surface area contributed by atoms with Gasteiger partial charge < -0.3 is 14.6 Å². The van der Waals surface area contributed by atoms with Crippen molar-refractivity contribution in [1.29, 1.82) is 0 Å². The number of alkyl halides is 11. The van der Waals surface area contributed by atoms with Crippen molar-refractivity contribution in [3.8, 4) is 0 Å². The summed E-state index contributed by atoms with van der Waals surface area (Å²) in [5.41, 5.74) is -14.3. The Morgan fingerprint density at radius 2 is 1.27 bits per heavy atom. The van der Waals surface area contributed by atoms with Crippen LogP contribution in [0.15, 0.2) is 0 Å². The van der Waals surface area contributed by atoms with Gasteiger partial charge >= 0.3 is 33.6 Å². The maximum atomic E-state index is 14.1. The summed E-state index contributed by atoms with van der Waals surface area (Å²) in [6, 6.07) is 0. The summed E-state index contributed by atoms with van der Waals surface area (Å²) in [5.74, 6) is -14.9. The molecule has 24 heteroatoms. The molecule has 0 aromatic rings. The molecule has 0 aliphatic heterocycles. The molecule has 4 saturated carbocycles. The third-order valence-electron chi connectivity index (χ3n) is 12.8. The van der Waals surface area contributed by atoms with Crippen molar-refractivity contribution < 1.29 is 100 Å². The highest BCUT2D eigenvalue weighted by molar-refractivity contribution is 7.90. The second kappa shape index (κ2) is 23.2. The van der Waals surface area contributed by atoms with Crippen LogP contribution in [0.2, 0.25) is 0 Å². The van der Waals surface area contributed by atoms with Gasteiger partial charge in [0.1, 0.15) is 48.6 Å². The average molecular weight is 1000 g/mol. The number of aliphatic hydroxyl groups is 1. The van der Waals surface area contributed by atoms with E-state index in [1.165, 1.54) is 11.6 Å². The van der Waals surface area contributed by atoms with E-state index >= 15 is 0 Å². The van der Waals surface area contributed by atoms with Crippen LogP contribution in [0.25, 0.3) is 0 Å². The van der Waals surface area contributed by atoms with Gasteiger partial charge in [0.15, 0.2) is 0 Å². The van der Waals surface area contributed by atoms with Gasteiger partial charge in [0.25, 0.3) is 11.8 Å². The molecule has 0 saturated heterocycles. The van der Waals surface area contributed by atoms with Crippen LogP contribution >= 0.6 is 0 Å². The molecule has 1 amide bonds. The molecule has 4 rings (SSSR count). The first-order valence-corrected chi connectivity index (χ1v) is 21.8. The molecule has 4 aliphatic carbocycles. The van der Waals surface area contributed by atoms with E-state index in [-0.39, 0.29) is 94.8 Å². The molecular formula is C42H66F11NO11S. The van der Waals surface area contributed by atoms with Crippen LogP contribution in [0.1, 0.15) is 129 Å². The monoisotopic (exact) mass is 1000 g/mol. The van der Waals surface area contributed by atoms with E-state index in [0.717, 1.165) is 13.3 Å². The van der Waals surface area contributed by atoms with Gasteiger partial charge in [-0.1, -0.05) is 56.4 Å². The molecule has 12 nitrogen and oxygen atoms in total. The number of carbonyl (C=O) groups excluding carboxylic acids is 6. The number of fused-ring (bicyclic) bond motifs is 2. The fourth-order valence-electron chi connectivity index (χ4n) is 8.04. The van der Waals surface area contributed by atoms with Crippen LogP contribution in [-0.4, -0.2) is 96.7 Å². The number of hydrogen-bond donors (Lipinski definition) is 2. The zero-order valence-electron chi connectivity index (χ0n) is 37.1. The van der Waals surface area contributed by atoms with E-state index in [1.54, 1.807) is 13.8 Å². The van der Waals surface area contributed by atoms with Gasteiger partial charge in [0, 0.05) is 24.2 Å². The highest BCUT2D eigenvalue weighted by atomic mass is 32.2. The summed E-state index contributed by atoms with van der Waals surface area (Å²) in [6.45, 7) is 15.2. The van der Waals surface area contributed by atoms with E-state index in [9.17, 15) is 85.5 Å². The van der Waals surface area contributed by atoms with Gasteiger partial charge in [0.05, 0.1) is 11.8 Å². The number of carbonyl (C=O) groups is 6. The van der Waals surface area contributed by atoms with Crippen LogP contribution < -0.4 is 4.72 Å². The molecule has 0 heterocycles. The van der Waals surface area contributed by atoms with Crippen molar-refractivity contribution in [1.82, 2.24) is 4.72 Å². The quantitative estimate of drug-likeness (QED) is 0.0870. The molecule has 2 bridgehead atoms. The lowest BCUT2D eigenvalue weighted by Crippen LogP contribution is -2.59. The Morgan fingerprint density at radius 1 is 0.803 bits per heavy atom. The summed E-state index contributed by atoms with van der Waals surface area (Å²) < 4.78 is 175. The van der Waals surface area contributed by atoms with Gasteiger partial charge in [0.2, 0.25) is 11.5 Å².